The predicted octanol–water partition coefficient (Wildman–Crippen LogP) is 2.54. The Balaban J connectivity index is 1.81. The van der Waals surface area contributed by atoms with Crippen LogP contribution < -0.4 is 20.5 Å². The first kappa shape index (κ1) is 19.9. The van der Waals surface area contributed by atoms with Crippen molar-refractivity contribution < 1.29 is 14.6 Å². The minimum atomic E-state index is -0.724. The molecule has 1 atom stereocenters. The summed E-state index contributed by atoms with van der Waals surface area (Å²) in [4.78, 5) is 4.17. The maximum Gasteiger partial charge on any atom is 0.188 e. The number of nitrogens with zero attached hydrogens (tertiary/aromatic N) is 1. The summed E-state index contributed by atoms with van der Waals surface area (Å²) < 4.78 is 10.5. The number of hydrogen-bond donors (Lipinski definition) is 3. The molecular formula is C19H24ClN3O3. The lowest BCUT2D eigenvalue weighted by Crippen LogP contribution is -2.33. The van der Waals surface area contributed by atoms with Crippen LogP contribution in [0.3, 0.4) is 0 Å². The lowest BCUT2D eigenvalue weighted by Gasteiger charge is -2.11. The molecule has 0 radical (unpaired) electrons. The highest BCUT2D eigenvalue weighted by Crippen LogP contribution is 2.27. The SMILES string of the molecule is COc1ccc(CCNC(N)=NCC(O)c2ccc(Cl)cc2)cc1OC. The molecule has 0 aliphatic rings. The average Bonchev–Trinajstić information content (AvgIpc) is 2.66. The number of nitrogens with one attached hydrogen (secondary N) is 1. The number of aliphatic imine (C=N–C) groups is 1. The van der Waals surface area contributed by atoms with Gasteiger partial charge in [0.15, 0.2) is 17.5 Å². The lowest BCUT2D eigenvalue weighted by atomic mass is 10.1. The number of hydrogen-bond acceptors (Lipinski definition) is 4. The molecular weight excluding hydrogens is 354 g/mol. The van der Waals surface area contributed by atoms with Gasteiger partial charge in [0.2, 0.25) is 0 Å². The minimum absolute atomic E-state index is 0.177. The number of guanidine groups is 1. The van der Waals surface area contributed by atoms with Gasteiger partial charge in [0, 0.05) is 11.6 Å². The fourth-order valence-corrected chi connectivity index (χ4v) is 2.53. The molecule has 7 heteroatoms. The monoisotopic (exact) mass is 377 g/mol. The zero-order valence-corrected chi connectivity index (χ0v) is 15.7. The quantitative estimate of drug-likeness (QED) is 0.486. The summed E-state index contributed by atoms with van der Waals surface area (Å²) in [7, 11) is 3.21. The molecule has 0 heterocycles. The fourth-order valence-electron chi connectivity index (χ4n) is 2.40. The second-order valence-electron chi connectivity index (χ2n) is 5.66. The molecule has 0 aliphatic heterocycles. The molecule has 0 saturated carbocycles. The molecule has 2 aromatic carbocycles. The third-order valence-corrected chi connectivity index (χ3v) is 4.11. The normalized spacial score (nSPS) is 12.5. The number of ether oxygens (including phenoxy) is 2. The second kappa shape index (κ2) is 9.89. The highest BCUT2D eigenvalue weighted by molar-refractivity contribution is 6.30. The first-order valence-corrected chi connectivity index (χ1v) is 8.59. The number of rotatable bonds is 8. The van der Waals surface area contributed by atoms with Crippen LogP contribution in [0.4, 0.5) is 0 Å². The summed E-state index contributed by atoms with van der Waals surface area (Å²) in [5.41, 5.74) is 7.69. The van der Waals surface area contributed by atoms with Crippen molar-refractivity contribution in [3.8, 4) is 11.5 Å². The zero-order valence-electron chi connectivity index (χ0n) is 14.9. The van der Waals surface area contributed by atoms with Crippen molar-refractivity contribution in [2.75, 3.05) is 27.3 Å². The Morgan fingerprint density at radius 2 is 1.85 bits per heavy atom. The molecule has 2 rings (SSSR count). The topological polar surface area (TPSA) is 89.1 Å². The Hall–Kier alpha value is -2.44. The highest BCUT2D eigenvalue weighted by atomic mass is 35.5. The summed E-state index contributed by atoms with van der Waals surface area (Å²) in [6, 6.07) is 12.8. The van der Waals surface area contributed by atoms with Crippen molar-refractivity contribution in [3.63, 3.8) is 0 Å². The van der Waals surface area contributed by atoms with Gasteiger partial charge in [-0.3, -0.25) is 4.99 Å². The smallest absolute Gasteiger partial charge is 0.188 e. The van der Waals surface area contributed by atoms with Gasteiger partial charge in [-0.05, 0) is 41.8 Å². The third kappa shape index (κ3) is 5.82. The largest absolute Gasteiger partial charge is 0.493 e. The van der Waals surface area contributed by atoms with Gasteiger partial charge in [0.05, 0.1) is 26.9 Å². The minimum Gasteiger partial charge on any atom is -0.493 e. The van der Waals surface area contributed by atoms with Crippen molar-refractivity contribution in [2.24, 2.45) is 10.7 Å². The van der Waals surface area contributed by atoms with Crippen LogP contribution in [0.25, 0.3) is 0 Å². The maximum atomic E-state index is 10.1. The number of aliphatic hydroxyl groups is 1. The molecule has 0 aliphatic carbocycles. The molecule has 1 unspecified atom stereocenters. The number of halogens is 1. The summed E-state index contributed by atoms with van der Waals surface area (Å²) >= 11 is 5.83. The van der Waals surface area contributed by atoms with E-state index in [0.717, 1.165) is 17.5 Å². The van der Waals surface area contributed by atoms with Gasteiger partial charge < -0.3 is 25.6 Å². The third-order valence-electron chi connectivity index (χ3n) is 3.86. The van der Waals surface area contributed by atoms with Crippen LogP contribution in [0.2, 0.25) is 5.02 Å². The summed E-state index contributed by atoms with van der Waals surface area (Å²) in [6.07, 6.45) is 0.0227. The van der Waals surface area contributed by atoms with Gasteiger partial charge in [-0.25, -0.2) is 0 Å². The van der Waals surface area contributed by atoms with E-state index in [2.05, 4.69) is 10.3 Å². The Morgan fingerprint density at radius 1 is 1.15 bits per heavy atom. The molecule has 6 nitrogen and oxygen atoms in total. The Bertz CT molecular complexity index is 735. The summed E-state index contributed by atoms with van der Waals surface area (Å²) in [5.74, 6) is 1.68. The van der Waals surface area contributed by atoms with E-state index in [4.69, 9.17) is 26.8 Å². The van der Waals surface area contributed by atoms with E-state index in [-0.39, 0.29) is 6.54 Å². The molecule has 140 valence electrons. The first-order valence-electron chi connectivity index (χ1n) is 8.21. The van der Waals surface area contributed by atoms with Crippen molar-refractivity contribution in [1.29, 1.82) is 0 Å². The van der Waals surface area contributed by atoms with E-state index in [1.807, 2.05) is 18.2 Å². The van der Waals surface area contributed by atoms with Crippen molar-refractivity contribution in [3.05, 3.63) is 58.6 Å². The van der Waals surface area contributed by atoms with Gasteiger partial charge in [-0.15, -0.1) is 0 Å². The predicted molar refractivity (Wildman–Crippen MR) is 104 cm³/mol. The van der Waals surface area contributed by atoms with Gasteiger partial charge in [-0.2, -0.15) is 0 Å². The first-order chi connectivity index (χ1) is 12.5. The van der Waals surface area contributed by atoms with Gasteiger partial charge in [0.1, 0.15) is 0 Å². The van der Waals surface area contributed by atoms with Crippen LogP contribution in [0.1, 0.15) is 17.2 Å². The molecule has 0 amide bonds. The van der Waals surface area contributed by atoms with Gasteiger partial charge in [0.25, 0.3) is 0 Å². The van der Waals surface area contributed by atoms with Crippen LogP contribution in [0.5, 0.6) is 11.5 Å². The van der Waals surface area contributed by atoms with Crippen LogP contribution in [0, 0.1) is 0 Å². The number of aliphatic hydroxyl groups excluding tert-OH is 1. The molecule has 0 bridgehead atoms. The standard InChI is InChI=1S/C19H24ClN3O3/c1-25-17-8-3-13(11-18(17)26-2)9-10-22-19(21)23-12-16(24)14-4-6-15(20)7-5-14/h3-8,11,16,24H,9-10,12H2,1-2H3,(H3,21,22,23). The van der Waals surface area contributed by atoms with E-state index < -0.39 is 6.10 Å². The zero-order chi connectivity index (χ0) is 18.9. The number of benzene rings is 2. The Kier molecular flexibility index (Phi) is 7.56. The van der Waals surface area contributed by atoms with Crippen LogP contribution in [-0.2, 0) is 6.42 Å². The molecule has 0 saturated heterocycles. The molecule has 2 aromatic rings. The fraction of sp³-hybridized carbons (Fsp3) is 0.316. The highest BCUT2D eigenvalue weighted by Gasteiger charge is 2.07. The molecule has 4 N–H and O–H groups in total. The van der Waals surface area contributed by atoms with E-state index in [0.29, 0.717) is 29.0 Å². The Morgan fingerprint density at radius 3 is 2.50 bits per heavy atom. The van der Waals surface area contributed by atoms with Gasteiger partial charge in [-0.1, -0.05) is 29.8 Å². The second-order valence-corrected chi connectivity index (χ2v) is 6.10. The molecule has 0 fully saturated rings. The number of methoxy groups -OCH3 is 2. The average molecular weight is 378 g/mol. The van der Waals surface area contributed by atoms with E-state index in [1.54, 1.807) is 38.5 Å². The maximum absolute atomic E-state index is 10.1. The van der Waals surface area contributed by atoms with E-state index in [1.165, 1.54) is 0 Å². The van der Waals surface area contributed by atoms with Crippen LogP contribution in [-0.4, -0.2) is 38.4 Å². The lowest BCUT2D eigenvalue weighted by molar-refractivity contribution is 0.187. The molecule has 26 heavy (non-hydrogen) atoms. The summed E-state index contributed by atoms with van der Waals surface area (Å²) in [6.45, 7) is 0.790. The Labute approximate surface area is 158 Å². The van der Waals surface area contributed by atoms with E-state index >= 15 is 0 Å². The van der Waals surface area contributed by atoms with E-state index in [9.17, 15) is 5.11 Å². The van der Waals surface area contributed by atoms with Crippen LogP contribution in [0.15, 0.2) is 47.5 Å². The molecule has 0 spiro atoms. The van der Waals surface area contributed by atoms with Crippen molar-refractivity contribution in [1.82, 2.24) is 5.32 Å². The van der Waals surface area contributed by atoms with Crippen molar-refractivity contribution >= 4 is 17.6 Å². The summed E-state index contributed by atoms with van der Waals surface area (Å²) in [5, 5.41) is 13.8. The van der Waals surface area contributed by atoms with Crippen molar-refractivity contribution in [2.45, 2.75) is 12.5 Å². The van der Waals surface area contributed by atoms with Crippen LogP contribution >= 0.6 is 11.6 Å². The number of nitrogens with two attached hydrogens (primary N) is 1. The molecule has 0 aromatic heterocycles. The van der Waals surface area contributed by atoms with Gasteiger partial charge >= 0.3 is 0 Å².